The molecule has 0 radical (unpaired) electrons. The predicted molar refractivity (Wildman–Crippen MR) is 66.4 cm³/mol. The molecule has 0 N–H and O–H groups in total. The lowest BCUT2D eigenvalue weighted by atomic mass is 9.90. The second-order valence-electron chi connectivity index (χ2n) is 4.91. The highest BCUT2D eigenvalue weighted by Crippen LogP contribution is 2.24. The number of allylic oxidation sites excluding steroid dienone is 1. The third-order valence-corrected chi connectivity index (χ3v) is 3.07. The van der Waals surface area contributed by atoms with Gasteiger partial charge in [0.25, 0.3) is 0 Å². The summed E-state index contributed by atoms with van der Waals surface area (Å²) in [7, 11) is 0. The minimum atomic E-state index is -0.146. The molecule has 1 rings (SSSR count). The highest BCUT2D eigenvalue weighted by Gasteiger charge is 2.22. The number of hydrogen-bond donors (Lipinski definition) is 0. The lowest BCUT2D eigenvalue weighted by Crippen LogP contribution is -2.25. The van der Waals surface area contributed by atoms with Gasteiger partial charge in [-0.2, -0.15) is 4.91 Å². The van der Waals surface area contributed by atoms with Crippen molar-refractivity contribution in [3.05, 3.63) is 17.1 Å². The number of nitroso groups, excluding NO2 is 1. The molecule has 1 aliphatic carbocycles. The van der Waals surface area contributed by atoms with Crippen molar-refractivity contribution in [2.45, 2.75) is 64.7 Å². The van der Waals surface area contributed by atoms with Gasteiger partial charge in [-0.15, -0.1) is 0 Å². The Balaban J connectivity index is 2.60. The summed E-state index contributed by atoms with van der Waals surface area (Å²) in [6, 6.07) is -0.146. The van der Waals surface area contributed by atoms with E-state index in [-0.39, 0.29) is 24.2 Å². The normalized spacial score (nSPS) is 30.5. The Bertz CT molecular complexity index is 238. The first-order chi connectivity index (χ1) is 7.63. The van der Waals surface area contributed by atoms with Gasteiger partial charge >= 0.3 is 0 Å². The van der Waals surface area contributed by atoms with E-state index in [0.29, 0.717) is 0 Å². The van der Waals surface area contributed by atoms with Crippen molar-refractivity contribution in [3.8, 4) is 0 Å². The number of nitrogens with zero attached hydrogens (tertiary/aromatic N) is 1. The SMILES string of the molecule is CC(C)OC1CCC/C=C/C(C(C)N=O)C1. The molecular weight excluding hydrogens is 202 g/mol. The Hall–Kier alpha value is -0.700. The van der Waals surface area contributed by atoms with Crippen LogP contribution in [-0.4, -0.2) is 18.2 Å². The van der Waals surface area contributed by atoms with Crippen molar-refractivity contribution in [1.29, 1.82) is 0 Å². The third-order valence-electron chi connectivity index (χ3n) is 3.07. The fraction of sp³-hybridized carbons (Fsp3) is 0.846. The van der Waals surface area contributed by atoms with E-state index in [1.807, 2.05) is 6.92 Å². The van der Waals surface area contributed by atoms with Crippen LogP contribution in [0.3, 0.4) is 0 Å². The molecule has 0 spiro atoms. The minimum Gasteiger partial charge on any atom is -0.376 e. The van der Waals surface area contributed by atoms with Gasteiger partial charge < -0.3 is 4.74 Å². The summed E-state index contributed by atoms with van der Waals surface area (Å²) >= 11 is 0. The fourth-order valence-electron chi connectivity index (χ4n) is 2.18. The molecule has 0 aromatic carbocycles. The van der Waals surface area contributed by atoms with Crippen LogP contribution < -0.4 is 0 Å². The average Bonchev–Trinajstić information content (AvgIpc) is 2.20. The van der Waals surface area contributed by atoms with E-state index < -0.39 is 0 Å². The van der Waals surface area contributed by atoms with Crippen LogP contribution >= 0.6 is 0 Å². The van der Waals surface area contributed by atoms with E-state index in [0.717, 1.165) is 19.3 Å². The van der Waals surface area contributed by atoms with Gasteiger partial charge in [0.2, 0.25) is 0 Å². The van der Waals surface area contributed by atoms with Crippen LogP contribution in [0.5, 0.6) is 0 Å². The monoisotopic (exact) mass is 225 g/mol. The third kappa shape index (κ3) is 4.44. The summed E-state index contributed by atoms with van der Waals surface area (Å²) in [5, 5.41) is 3.14. The van der Waals surface area contributed by atoms with Gasteiger partial charge in [-0.25, -0.2) is 0 Å². The van der Waals surface area contributed by atoms with Gasteiger partial charge in [-0.05, 0) is 46.5 Å². The van der Waals surface area contributed by atoms with Gasteiger partial charge in [0, 0.05) is 5.92 Å². The zero-order chi connectivity index (χ0) is 12.0. The fourth-order valence-corrected chi connectivity index (χ4v) is 2.18. The second-order valence-corrected chi connectivity index (χ2v) is 4.91. The van der Waals surface area contributed by atoms with Crippen LogP contribution in [0.2, 0.25) is 0 Å². The van der Waals surface area contributed by atoms with Crippen LogP contribution in [0.25, 0.3) is 0 Å². The van der Waals surface area contributed by atoms with Gasteiger partial charge in [0.05, 0.1) is 18.2 Å². The summed E-state index contributed by atoms with van der Waals surface area (Å²) in [5.74, 6) is 0.238. The molecule has 0 aliphatic heterocycles. The molecule has 0 saturated carbocycles. The molecule has 0 bridgehead atoms. The Labute approximate surface area is 98.2 Å². The van der Waals surface area contributed by atoms with E-state index in [4.69, 9.17) is 4.74 Å². The maximum absolute atomic E-state index is 10.6. The van der Waals surface area contributed by atoms with Crippen LogP contribution in [0.1, 0.15) is 46.5 Å². The highest BCUT2D eigenvalue weighted by molar-refractivity contribution is 4.96. The Morgan fingerprint density at radius 1 is 1.38 bits per heavy atom. The van der Waals surface area contributed by atoms with Crippen molar-refractivity contribution in [2.24, 2.45) is 11.1 Å². The van der Waals surface area contributed by atoms with Gasteiger partial charge in [-0.1, -0.05) is 17.3 Å². The number of hydrogen-bond acceptors (Lipinski definition) is 3. The smallest absolute Gasteiger partial charge is 0.0954 e. The van der Waals surface area contributed by atoms with Gasteiger partial charge in [0.15, 0.2) is 0 Å². The molecule has 92 valence electrons. The van der Waals surface area contributed by atoms with Crippen molar-refractivity contribution in [1.82, 2.24) is 0 Å². The first kappa shape index (κ1) is 13.4. The number of rotatable bonds is 4. The van der Waals surface area contributed by atoms with Crippen LogP contribution in [0.15, 0.2) is 17.3 Å². The summed E-state index contributed by atoms with van der Waals surface area (Å²) in [5.41, 5.74) is 0. The van der Waals surface area contributed by atoms with Gasteiger partial charge in [-0.3, -0.25) is 0 Å². The molecule has 3 heteroatoms. The first-order valence-corrected chi connectivity index (χ1v) is 6.28. The Morgan fingerprint density at radius 2 is 2.12 bits per heavy atom. The van der Waals surface area contributed by atoms with E-state index in [9.17, 15) is 4.91 Å². The molecule has 3 nitrogen and oxygen atoms in total. The standard InChI is InChI=1S/C13H23NO2/c1-10(2)16-13-8-6-4-5-7-12(9-13)11(3)14-15/h5,7,10-13H,4,6,8-9H2,1-3H3/b7-5+. The molecular formula is C13H23NO2. The molecule has 3 unspecified atom stereocenters. The molecule has 1 aliphatic rings. The lowest BCUT2D eigenvalue weighted by Gasteiger charge is -2.26. The minimum absolute atomic E-state index is 0.146. The van der Waals surface area contributed by atoms with Crippen molar-refractivity contribution in [3.63, 3.8) is 0 Å². The quantitative estimate of drug-likeness (QED) is 0.540. The second kappa shape index (κ2) is 6.79. The van der Waals surface area contributed by atoms with E-state index in [1.165, 1.54) is 6.42 Å². The number of ether oxygens (including phenoxy) is 1. The summed E-state index contributed by atoms with van der Waals surface area (Å²) < 4.78 is 5.87. The summed E-state index contributed by atoms with van der Waals surface area (Å²) in [6.45, 7) is 6.01. The van der Waals surface area contributed by atoms with Crippen LogP contribution in [0, 0.1) is 10.8 Å². The molecule has 0 aromatic heterocycles. The van der Waals surface area contributed by atoms with E-state index in [1.54, 1.807) is 0 Å². The van der Waals surface area contributed by atoms with Crippen molar-refractivity contribution in [2.75, 3.05) is 0 Å². The first-order valence-electron chi connectivity index (χ1n) is 6.28. The molecule has 0 heterocycles. The Morgan fingerprint density at radius 3 is 2.75 bits per heavy atom. The molecule has 16 heavy (non-hydrogen) atoms. The lowest BCUT2D eigenvalue weighted by molar-refractivity contribution is -0.00980. The van der Waals surface area contributed by atoms with E-state index in [2.05, 4.69) is 31.2 Å². The predicted octanol–water partition coefficient (Wildman–Crippen LogP) is 3.68. The molecule has 0 fully saturated rings. The van der Waals surface area contributed by atoms with Crippen molar-refractivity contribution < 1.29 is 4.74 Å². The van der Waals surface area contributed by atoms with Crippen LogP contribution in [-0.2, 0) is 4.74 Å². The topological polar surface area (TPSA) is 38.7 Å². The van der Waals surface area contributed by atoms with Gasteiger partial charge in [0.1, 0.15) is 0 Å². The zero-order valence-electron chi connectivity index (χ0n) is 10.6. The summed E-state index contributed by atoms with van der Waals surface area (Å²) in [6.07, 6.45) is 9.11. The maximum Gasteiger partial charge on any atom is 0.0954 e. The molecule has 3 atom stereocenters. The van der Waals surface area contributed by atoms with E-state index >= 15 is 0 Å². The zero-order valence-corrected chi connectivity index (χ0v) is 10.6. The summed E-state index contributed by atoms with van der Waals surface area (Å²) in [4.78, 5) is 10.6. The van der Waals surface area contributed by atoms with Crippen LogP contribution in [0.4, 0.5) is 0 Å². The van der Waals surface area contributed by atoms with Crippen molar-refractivity contribution >= 4 is 0 Å². The maximum atomic E-state index is 10.6. The Kier molecular flexibility index (Phi) is 5.67. The molecule has 0 amide bonds. The average molecular weight is 225 g/mol. The largest absolute Gasteiger partial charge is 0.376 e. The molecule has 0 aromatic rings. The highest BCUT2D eigenvalue weighted by atomic mass is 16.5. The molecule has 0 saturated heterocycles.